The number of methoxy groups -OCH3 is 1. The molecule has 2 aliphatic heterocycles. The van der Waals surface area contributed by atoms with Crippen molar-refractivity contribution in [3.05, 3.63) is 95.3 Å². The molecule has 5 rings (SSSR count). The van der Waals surface area contributed by atoms with Crippen molar-refractivity contribution >= 4 is 5.71 Å². The fraction of sp³-hybridized carbons (Fsp3) is 0.174. The van der Waals surface area contributed by atoms with Crippen molar-refractivity contribution in [2.45, 2.75) is 18.7 Å². The molecule has 0 saturated carbocycles. The van der Waals surface area contributed by atoms with Crippen LogP contribution in [0.5, 0.6) is 11.5 Å². The standard InChI is InChI=1S/C23H19FN2O2/c1-27-18-12-8-15(9-13-18)20-14-21-19-4-2-3-5-22(19)28-23(26(21)25-20)16-6-10-17(24)11-7-16/h2-13,21,23H,14H2,1H3/t21-,23-/m0/s1. The molecule has 2 aliphatic rings. The first-order chi connectivity index (χ1) is 13.7. The van der Waals surface area contributed by atoms with Gasteiger partial charge in [0.25, 0.3) is 0 Å². The monoisotopic (exact) mass is 374 g/mol. The number of para-hydroxylation sites is 1. The second-order valence-electron chi connectivity index (χ2n) is 6.93. The minimum absolute atomic E-state index is 0.0807. The van der Waals surface area contributed by atoms with Gasteiger partial charge in [-0.05, 0) is 48.0 Å². The van der Waals surface area contributed by atoms with Gasteiger partial charge in [0, 0.05) is 17.5 Å². The topological polar surface area (TPSA) is 34.1 Å². The average Bonchev–Trinajstić information content (AvgIpc) is 3.20. The van der Waals surface area contributed by atoms with Gasteiger partial charge >= 0.3 is 0 Å². The number of hydrazone groups is 1. The Morgan fingerprint density at radius 1 is 1.00 bits per heavy atom. The Balaban J connectivity index is 1.56. The highest BCUT2D eigenvalue weighted by atomic mass is 19.1. The van der Waals surface area contributed by atoms with Gasteiger partial charge in [0.2, 0.25) is 6.23 Å². The molecule has 0 N–H and O–H groups in total. The number of benzene rings is 3. The van der Waals surface area contributed by atoms with E-state index in [4.69, 9.17) is 14.6 Å². The normalized spacial score (nSPS) is 20.1. The van der Waals surface area contributed by atoms with Gasteiger partial charge in [-0.3, -0.25) is 0 Å². The minimum atomic E-state index is -0.392. The maximum atomic E-state index is 13.4. The molecule has 0 saturated heterocycles. The average molecular weight is 374 g/mol. The summed E-state index contributed by atoms with van der Waals surface area (Å²) in [5.74, 6) is 1.41. The van der Waals surface area contributed by atoms with Crippen LogP contribution < -0.4 is 9.47 Å². The maximum Gasteiger partial charge on any atom is 0.213 e. The van der Waals surface area contributed by atoms with Gasteiger partial charge in [0.05, 0.1) is 18.9 Å². The molecule has 0 amide bonds. The summed E-state index contributed by atoms with van der Waals surface area (Å²) < 4.78 is 24.9. The van der Waals surface area contributed by atoms with Crippen molar-refractivity contribution < 1.29 is 13.9 Å². The summed E-state index contributed by atoms with van der Waals surface area (Å²) in [7, 11) is 1.66. The second kappa shape index (κ2) is 6.68. The molecule has 3 aromatic rings. The lowest BCUT2D eigenvalue weighted by atomic mass is 9.96. The number of halogens is 1. The summed E-state index contributed by atoms with van der Waals surface area (Å²) in [6.07, 6.45) is 0.390. The third-order valence-corrected chi connectivity index (χ3v) is 5.28. The van der Waals surface area contributed by atoms with Crippen LogP contribution in [-0.2, 0) is 0 Å². The quantitative estimate of drug-likeness (QED) is 0.641. The zero-order valence-electron chi connectivity index (χ0n) is 15.4. The molecule has 0 unspecified atom stereocenters. The van der Waals surface area contributed by atoms with E-state index in [0.29, 0.717) is 0 Å². The summed E-state index contributed by atoms with van der Waals surface area (Å²) in [5, 5.41) is 6.90. The van der Waals surface area contributed by atoms with Crippen LogP contribution in [0.2, 0.25) is 0 Å². The van der Waals surface area contributed by atoms with E-state index in [1.165, 1.54) is 12.1 Å². The van der Waals surface area contributed by atoms with E-state index < -0.39 is 6.23 Å². The summed E-state index contributed by atoms with van der Waals surface area (Å²) >= 11 is 0. The summed E-state index contributed by atoms with van der Waals surface area (Å²) in [6.45, 7) is 0. The molecule has 0 aliphatic carbocycles. The predicted octanol–water partition coefficient (Wildman–Crippen LogP) is 5.08. The molecule has 140 valence electrons. The van der Waals surface area contributed by atoms with Gasteiger partial charge in [0.15, 0.2) is 0 Å². The highest BCUT2D eigenvalue weighted by molar-refractivity contribution is 6.02. The molecular weight excluding hydrogens is 355 g/mol. The number of nitrogens with zero attached hydrogens (tertiary/aromatic N) is 2. The van der Waals surface area contributed by atoms with Crippen molar-refractivity contribution in [2.75, 3.05) is 7.11 Å². The van der Waals surface area contributed by atoms with Crippen molar-refractivity contribution in [3.8, 4) is 11.5 Å². The fourth-order valence-corrected chi connectivity index (χ4v) is 3.84. The first-order valence-corrected chi connectivity index (χ1v) is 9.24. The molecule has 0 fully saturated rings. The first-order valence-electron chi connectivity index (χ1n) is 9.24. The summed E-state index contributed by atoms with van der Waals surface area (Å²) in [4.78, 5) is 0. The van der Waals surface area contributed by atoms with Crippen LogP contribution in [0, 0.1) is 5.82 Å². The third kappa shape index (κ3) is 2.80. The SMILES string of the molecule is COc1ccc(C2=NN3[C@@H](C2)c2ccccc2O[C@H]3c2ccc(F)cc2)cc1. The summed E-state index contributed by atoms with van der Waals surface area (Å²) in [5.41, 5.74) is 4.05. The zero-order valence-corrected chi connectivity index (χ0v) is 15.4. The maximum absolute atomic E-state index is 13.4. The van der Waals surface area contributed by atoms with Crippen molar-refractivity contribution in [1.82, 2.24) is 5.01 Å². The molecule has 0 radical (unpaired) electrons. The highest BCUT2D eigenvalue weighted by Crippen LogP contribution is 2.47. The number of ether oxygens (including phenoxy) is 2. The molecule has 0 aromatic heterocycles. The Kier molecular flexibility index (Phi) is 4.01. The van der Waals surface area contributed by atoms with Crippen LogP contribution in [0.15, 0.2) is 77.9 Å². The Hall–Kier alpha value is -3.34. The largest absolute Gasteiger partial charge is 0.497 e. The lowest BCUT2D eigenvalue weighted by Crippen LogP contribution is -2.33. The van der Waals surface area contributed by atoms with Crippen LogP contribution in [0.4, 0.5) is 4.39 Å². The van der Waals surface area contributed by atoms with E-state index in [-0.39, 0.29) is 11.9 Å². The molecule has 28 heavy (non-hydrogen) atoms. The molecule has 0 spiro atoms. The van der Waals surface area contributed by atoms with Crippen molar-refractivity contribution in [1.29, 1.82) is 0 Å². The van der Waals surface area contributed by atoms with Gasteiger partial charge in [-0.15, -0.1) is 0 Å². The van der Waals surface area contributed by atoms with Crippen LogP contribution >= 0.6 is 0 Å². The predicted molar refractivity (Wildman–Crippen MR) is 105 cm³/mol. The van der Waals surface area contributed by atoms with Gasteiger partial charge in [-0.1, -0.05) is 30.3 Å². The molecule has 4 nitrogen and oxygen atoms in total. The van der Waals surface area contributed by atoms with E-state index >= 15 is 0 Å². The van der Waals surface area contributed by atoms with Crippen LogP contribution in [0.25, 0.3) is 0 Å². The van der Waals surface area contributed by atoms with Crippen LogP contribution in [-0.4, -0.2) is 17.8 Å². The number of hydrogen-bond acceptors (Lipinski definition) is 4. The van der Waals surface area contributed by atoms with E-state index in [0.717, 1.165) is 40.3 Å². The number of hydrogen-bond donors (Lipinski definition) is 0. The van der Waals surface area contributed by atoms with Gasteiger partial charge < -0.3 is 9.47 Å². The lowest BCUT2D eigenvalue weighted by Gasteiger charge is -2.38. The smallest absolute Gasteiger partial charge is 0.213 e. The van der Waals surface area contributed by atoms with E-state index in [1.807, 2.05) is 47.5 Å². The highest BCUT2D eigenvalue weighted by Gasteiger charge is 2.40. The second-order valence-corrected chi connectivity index (χ2v) is 6.93. The van der Waals surface area contributed by atoms with Crippen molar-refractivity contribution in [2.24, 2.45) is 5.10 Å². The molecule has 0 bridgehead atoms. The molecule has 3 aromatic carbocycles. The Labute approximate surface area is 162 Å². The van der Waals surface area contributed by atoms with Gasteiger partial charge in [0.1, 0.15) is 17.3 Å². The minimum Gasteiger partial charge on any atom is -0.497 e. The van der Waals surface area contributed by atoms with Gasteiger partial charge in [-0.25, -0.2) is 9.40 Å². The summed E-state index contributed by atoms with van der Waals surface area (Å²) in [6, 6.07) is 22.5. The van der Waals surface area contributed by atoms with E-state index in [1.54, 1.807) is 19.2 Å². The Bertz CT molecular complexity index is 1030. The Morgan fingerprint density at radius 3 is 2.50 bits per heavy atom. The molecular formula is C23H19FN2O2. The first kappa shape index (κ1) is 16.8. The molecule has 5 heteroatoms. The zero-order chi connectivity index (χ0) is 19.1. The number of rotatable bonds is 3. The molecule has 2 heterocycles. The van der Waals surface area contributed by atoms with Crippen LogP contribution in [0.3, 0.4) is 0 Å². The molecule has 2 atom stereocenters. The third-order valence-electron chi connectivity index (χ3n) is 5.28. The van der Waals surface area contributed by atoms with E-state index in [9.17, 15) is 4.39 Å². The lowest BCUT2D eigenvalue weighted by molar-refractivity contribution is -0.0190. The van der Waals surface area contributed by atoms with Crippen LogP contribution in [0.1, 0.15) is 35.4 Å². The Morgan fingerprint density at radius 2 is 1.75 bits per heavy atom. The van der Waals surface area contributed by atoms with E-state index in [2.05, 4.69) is 6.07 Å². The number of fused-ring (bicyclic) bond motifs is 3. The fourth-order valence-electron chi connectivity index (χ4n) is 3.84. The van der Waals surface area contributed by atoms with Crippen molar-refractivity contribution in [3.63, 3.8) is 0 Å². The van der Waals surface area contributed by atoms with Gasteiger partial charge in [-0.2, -0.15) is 5.10 Å².